The van der Waals surface area contributed by atoms with Crippen LogP contribution in [0.5, 0.6) is 0 Å². The fourth-order valence-electron chi connectivity index (χ4n) is 4.38. The highest BCUT2D eigenvalue weighted by Gasteiger charge is 2.36. The molecule has 1 aromatic carbocycles. The molecule has 1 saturated heterocycles. The van der Waals surface area contributed by atoms with Crippen molar-refractivity contribution in [1.29, 1.82) is 5.26 Å². The fraction of sp³-hybridized carbons (Fsp3) is 0.286. The number of oxazole rings is 1. The first-order valence-corrected chi connectivity index (χ1v) is 9.24. The molecular formula is C21H17FN4O2. The number of nitriles is 1. The Bertz CT molecular complexity index is 1140. The van der Waals surface area contributed by atoms with E-state index in [0.29, 0.717) is 42.9 Å². The lowest BCUT2D eigenvalue weighted by Gasteiger charge is -2.42. The number of piperidine rings is 1. The van der Waals surface area contributed by atoms with Crippen LogP contribution < -0.4 is 10.5 Å². The Labute approximate surface area is 160 Å². The summed E-state index contributed by atoms with van der Waals surface area (Å²) in [7, 11) is 0. The first kappa shape index (κ1) is 16.8. The average molecular weight is 376 g/mol. The quantitative estimate of drug-likeness (QED) is 0.687. The Morgan fingerprint density at radius 1 is 1.14 bits per heavy atom. The molecule has 7 heteroatoms. The van der Waals surface area contributed by atoms with E-state index in [1.165, 1.54) is 12.1 Å². The molecule has 2 aromatic heterocycles. The van der Waals surface area contributed by atoms with Crippen LogP contribution in [0.2, 0.25) is 0 Å². The topological polar surface area (TPSA) is 75.1 Å². The summed E-state index contributed by atoms with van der Waals surface area (Å²) >= 11 is 0. The van der Waals surface area contributed by atoms with Crippen molar-refractivity contribution in [2.45, 2.75) is 18.9 Å². The highest BCUT2D eigenvalue weighted by molar-refractivity contribution is 5.59. The maximum atomic E-state index is 13.2. The summed E-state index contributed by atoms with van der Waals surface area (Å²) in [6.45, 7) is 2.03. The molecule has 1 fully saturated rings. The van der Waals surface area contributed by atoms with Crippen LogP contribution in [0.15, 0.2) is 51.7 Å². The lowest BCUT2D eigenvalue weighted by Crippen LogP contribution is -2.47. The lowest BCUT2D eigenvalue weighted by atomic mass is 9.83. The van der Waals surface area contributed by atoms with Crippen molar-refractivity contribution in [2.75, 3.05) is 18.0 Å². The molecule has 0 amide bonds. The molecule has 0 unspecified atom stereocenters. The molecule has 2 aliphatic rings. The van der Waals surface area contributed by atoms with Gasteiger partial charge in [-0.3, -0.25) is 4.79 Å². The van der Waals surface area contributed by atoms with Gasteiger partial charge in [-0.2, -0.15) is 10.2 Å². The van der Waals surface area contributed by atoms with Gasteiger partial charge in [-0.1, -0.05) is 6.07 Å². The number of benzene rings is 1. The van der Waals surface area contributed by atoms with Crippen LogP contribution in [0.1, 0.15) is 23.7 Å². The highest BCUT2D eigenvalue weighted by Crippen LogP contribution is 2.38. The van der Waals surface area contributed by atoms with E-state index in [9.17, 15) is 14.4 Å². The molecule has 5 rings (SSSR count). The van der Waals surface area contributed by atoms with Crippen LogP contribution in [-0.4, -0.2) is 22.6 Å². The number of aromatic nitrogens is 2. The molecule has 0 spiro atoms. The molecule has 0 saturated carbocycles. The van der Waals surface area contributed by atoms with Crippen molar-refractivity contribution in [3.05, 3.63) is 70.0 Å². The average Bonchev–Trinajstić information content (AvgIpc) is 3.14. The lowest BCUT2D eigenvalue weighted by molar-refractivity contribution is 0.275. The molecule has 0 radical (unpaired) electrons. The first-order chi connectivity index (χ1) is 13.6. The van der Waals surface area contributed by atoms with Crippen molar-refractivity contribution >= 4 is 5.88 Å². The molecular weight excluding hydrogens is 359 g/mol. The predicted octanol–water partition coefficient (Wildman–Crippen LogP) is 3.14. The second-order valence-corrected chi connectivity index (χ2v) is 7.39. The maximum Gasteiger partial charge on any atom is 0.250 e. The minimum absolute atomic E-state index is 0.0385. The van der Waals surface area contributed by atoms with E-state index in [1.54, 1.807) is 24.3 Å². The Morgan fingerprint density at radius 3 is 2.75 bits per heavy atom. The Balaban J connectivity index is 1.50. The van der Waals surface area contributed by atoms with Gasteiger partial charge in [0.05, 0.1) is 0 Å². The van der Waals surface area contributed by atoms with E-state index < -0.39 is 0 Å². The maximum absolute atomic E-state index is 13.2. The fourth-order valence-corrected chi connectivity index (χ4v) is 4.38. The van der Waals surface area contributed by atoms with Gasteiger partial charge in [-0.15, -0.1) is 0 Å². The largest absolute Gasteiger partial charge is 0.419 e. The number of fused-ring (bicyclic) bond motifs is 4. The standard InChI is InChI=1S/C21H17FN4O2/c22-16-6-4-14(5-7-16)20-24-17(9-23)21(28-20)25-10-13-8-15(12-25)18-2-1-3-19(27)26(18)11-13/h1-7,13,15H,8,10-12H2/t13-,15+/m0/s1. The minimum atomic E-state index is -0.339. The third-order valence-electron chi connectivity index (χ3n) is 5.57. The number of hydrogen-bond donors (Lipinski definition) is 0. The number of anilines is 1. The number of nitrogens with zero attached hydrogens (tertiary/aromatic N) is 4. The van der Waals surface area contributed by atoms with Crippen LogP contribution in [0.4, 0.5) is 10.3 Å². The second-order valence-electron chi connectivity index (χ2n) is 7.39. The summed E-state index contributed by atoms with van der Waals surface area (Å²) in [5.74, 6) is 0.917. The Hall–Kier alpha value is -3.40. The molecule has 2 atom stereocenters. The van der Waals surface area contributed by atoms with Gasteiger partial charge < -0.3 is 13.9 Å². The van der Waals surface area contributed by atoms with Gasteiger partial charge in [0.2, 0.25) is 17.5 Å². The summed E-state index contributed by atoms with van der Waals surface area (Å²) in [4.78, 5) is 18.5. The van der Waals surface area contributed by atoms with Gasteiger partial charge in [0, 0.05) is 42.9 Å². The Kier molecular flexibility index (Phi) is 3.79. The van der Waals surface area contributed by atoms with Crippen LogP contribution >= 0.6 is 0 Å². The summed E-state index contributed by atoms with van der Waals surface area (Å²) in [5, 5.41) is 9.55. The number of hydrogen-bond acceptors (Lipinski definition) is 5. The zero-order valence-electron chi connectivity index (χ0n) is 15.0. The van der Waals surface area contributed by atoms with Crippen LogP contribution in [0, 0.1) is 23.1 Å². The van der Waals surface area contributed by atoms with Gasteiger partial charge in [-0.05, 0) is 42.7 Å². The van der Waals surface area contributed by atoms with Crippen molar-refractivity contribution < 1.29 is 8.81 Å². The molecule has 0 aliphatic carbocycles. The number of halogens is 1. The zero-order valence-corrected chi connectivity index (χ0v) is 15.0. The molecule has 2 bridgehead atoms. The summed E-state index contributed by atoms with van der Waals surface area (Å²) in [6.07, 6.45) is 1.01. The zero-order chi connectivity index (χ0) is 19.3. The monoisotopic (exact) mass is 376 g/mol. The smallest absolute Gasteiger partial charge is 0.250 e. The molecule has 3 aromatic rings. The molecule has 6 nitrogen and oxygen atoms in total. The molecule has 28 heavy (non-hydrogen) atoms. The normalized spacial score (nSPS) is 20.5. The van der Waals surface area contributed by atoms with Gasteiger partial charge in [0.15, 0.2) is 0 Å². The molecule has 4 heterocycles. The van der Waals surface area contributed by atoms with Crippen molar-refractivity contribution in [2.24, 2.45) is 5.92 Å². The van der Waals surface area contributed by atoms with E-state index in [2.05, 4.69) is 16.0 Å². The van der Waals surface area contributed by atoms with Gasteiger partial charge in [-0.25, -0.2) is 4.39 Å². The third kappa shape index (κ3) is 2.69. The van der Waals surface area contributed by atoms with E-state index in [4.69, 9.17) is 4.42 Å². The van der Waals surface area contributed by atoms with E-state index in [1.807, 2.05) is 10.6 Å². The summed E-state index contributed by atoms with van der Waals surface area (Å²) in [5.41, 5.74) is 1.92. The van der Waals surface area contributed by atoms with Crippen molar-refractivity contribution in [3.8, 4) is 17.5 Å². The summed E-state index contributed by atoms with van der Waals surface area (Å²) < 4.78 is 21.0. The Morgan fingerprint density at radius 2 is 1.96 bits per heavy atom. The summed E-state index contributed by atoms with van der Waals surface area (Å²) in [6, 6.07) is 13.4. The SMILES string of the molecule is N#Cc1nc(-c2ccc(F)cc2)oc1N1C[C@@H]2C[C@H](C1)c1cccc(=O)n1C2. The van der Waals surface area contributed by atoms with Gasteiger partial charge in [0.1, 0.15) is 11.9 Å². The minimum Gasteiger partial charge on any atom is -0.419 e. The van der Waals surface area contributed by atoms with Crippen molar-refractivity contribution in [1.82, 2.24) is 9.55 Å². The molecule has 0 N–H and O–H groups in total. The van der Waals surface area contributed by atoms with E-state index >= 15 is 0 Å². The van der Waals surface area contributed by atoms with Crippen LogP contribution in [0.25, 0.3) is 11.5 Å². The van der Waals surface area contributed by atoms with Gasteiger partial charge >= 0.3 is 0 Å². The van der Waals surface area contributed by atoms with Gasteiger partial charge in [0.25, 0.3) is 5.56 Å². The molecule has 140 valence electrons. The van der Waals surface area contributed by atoms with Crippen LogP contribution in [0.3, 0.4) is 0 Å². The number of pyridine rings is 1. The van der Waals surface area contributed by atoms with E-state index in [-0.39, 0.29) is 23.0 Å². The third-order valence-corrected chi connectivity index (χ3v) is 5.57. The van der Waals surface area contributed by atoms with E-state index in [0.717, 1.165) is 12.1 Å². The first-order valence-electron chi connectivity index (χ1n) is 9.24. The number of rotatable bonds is 2. The predicted molar refractivity (Wildman–Crippen MR) is 100 cm³/mol. The van der Waals surface area contributed by atoms with Crippen molar-refractivity contribution in [3.63, 3.8) is 0 Å². The molecule has 2 aliphatic heterocycles. The second kappa shape index (κ2) is 6.34. The highest BCUT2D eigenvalue weighted by atomic mass is 19.1. The van der Waals surface area contributed by atoms with Crippen LogP contribution in [-0.2, 0) is 6.54 Å².